The second kappa shape index (κ2) is 9.00. The Balaban J connectivity index is 1.63. The lowest BCUT2D eigenvalue weighted by Gasteiger charge is -2.15. The highest BCUT2D eigenvalue weighted by Gasteiger charge is 2.08. The smallest absolute Gasteiger partial charge is 0.330 e. The third-order valence-corrected chi connectivity index (χ3v) is 4.32. The van der Waals surface area contributed by atoms with Crippen molar-refractivity contribution in [1.82, 2.24) is 9.55 Å². The van der Waals surface area contributed by atoms with Crippen molar-refractivity contribution in [2.45, 2.75) is 26.2 Å². The molecule has 1 aromatic heterocycles. The molecule has 0 saturated carbocycles. The highest BCUT2D eigenvalue weighted by Crippen LogP contribution is 2.16. The van der Waals surface area contributed by atoms with Crippen molar-refractivity contribution >= 4 is 5.69 Å². The number of benzene rings is 2. The van der Waals surface area contributed by atoms with Gasteiger partial charge < -0.3 is 10.1 Å². The molecule has 0 unspecified atom stereocenters. The van der Waals surface area contributed by atoms with Crippen LogP contribution in [0.25, 0.3) is 0 Å². The first kappa shape index (κ1) is 18.7. The van der Waals surface area contributed by atoms with Crippen LogP contribution in [0.15, 0.2) is 76.4 Å². The van der Waals surface area contributed by atoms with E-state index in [1.54, 1.807) is 0 Å². The fourth-order valence-electron chi connectivity index (χ4n) is 2.73. The molecule has 1 atom stereocenters. The first-order valence-corrected chi connectivity index (χ1v) is 8.91. The molecule has 0 spiro atoms. The number of anilines is 1. The van der Waals surface area contributed by atoms with E-state index in [-0.39, 0.29) is 12.8 Å². The summed E-state index contributed by atoms with van der Waals surface area (Å²) in [6, 6.07) is 19.8. The Hall–Kier alpha value is -3.12. The number of aromatic nitrogens is 2. The average molecular weight is 365 g/mol. The van der Waals surface area contributed by atoms with Crippen LogP contribution in [0.1, 0.15) is 24.2 Å². The van der Waals surface area contributed by atoms with E-state index in [1.807, 2.05) is 67.6 Å². The number of rotatable bonds is 8. The Bertz CT molecular complexity index is 965. The lowest BCUT2D eigenvalue weighted by Crippen LogP contribution is -2.32. The highest BCUT2D eigenvalue weighted by molar-refractivity contribution is 5.38. The van der Waals surface area contributed by atoms with E-state index in [2.05, 4.69) is 10.3 Å². The second-order valence-electron chi connectivity index (χ2n) is 6.28. The number of ether oxygens (including phenoxy) is 1. The molecule has 1 heterocycles. The van der Waals surface area contributed by atoms with Crippen LogP contribution in [0, 0.1) is 0 Å². The molecule has 0 aliphatic heterocycles. The molecule has 0 amide bonds. The fraction of sp³-hybridized carbons (Fsp3) is 0.238. The summed E-state index contributed by atoms with van der Waals surface area (Å²) in [5, 5.41) is 3.09. The van der Waals surface area contributed by atoms with Gasteiger partial charge in [-0.05, 0) is 24.5 Å². The summed E-state index contributed by atoms with van der Waals surface area (Å²) in [5.41, 5.74) is 1.63. The van der Waals surface area contributed by atoms with E-state index < -0.39 is 11.2 Å². The number of nitrogens with one attached hydrogen (secondary N) is 2. The van der Waals surface area contributed by atoms with Gasteiger partial charge in [-0.2, -0.15) is 0 Å². The number of aromatic amines is 1. The topological polar surface area (TPSA) is 76.1 Å². The van der Waals surface area contributed by atoms with Crippen LogP contribution in [-0.2, 0) is 17.9 Å². The molecule has 27 heavy (non-hydrogen) atoms. The molecular formula is C21H23N3O3. The number of H-pyrrole nitrogens is 1. The van der Waals surface area contributed by atoms with Gasteiger partial charge in [0, 0.05) is 12.7 Å². The zero-order valence-electron chi connectivity index (χ0n) is 15.2. The Kier molecular flexibility index (Phi) is 6.22. The Morgan fingerprint density at radius 3 is 2.41 bits per heavy atom. The lowest BCUT2D eigenvalue weighted by molar-refractivity contribution is 0.0142. The van der Waals surface area contributed by atoms with Gasteiger partial charge in [-0.1, -0.05) is 60.7 Å². The number of hydrogen-bond acceptors (Lipinski definition) is 4. The van der Waals surface area contributed by atoms with E-state index in [0.717, 1.165) is 12.0 Å². The summed E-state index contributed by atoms with van der Waals surface area (Å²) in [6.45, 7) is 2.57. The maximum Gasteiger partial charge on any atom is 0.330 e. The maximum atomic E-state index is 12.0. The normalized spacial score (nSPS) is 11.9. The van der Waals surface area contributed by atoms with E-state index in [1.165, 1.54) is 16.3 Å². The van der Waals surface area contributed by atoms with Crippen LogP contribution >= 0.6 is 0 Å². The van der Waals surface area contributed by atoms with Crippen molar-refractivity contribution in [1.29, 1.82) is 0 Å². The molecule has 0 bridgehead atoms. The van der Waals surface area contributed by atoms with Gasteiger partial charge in [0.15, 0.2) is 0 Å². The third-order valence-electron chi connectivity index (χ3n) is 4.32. The maximum absolute atomic E-state index is 12.0. The second-order valence-corrected chi connectivity index (χ2v) is 6.28. The van der Waals surface area contributed by atoms with Crippen LogP contribution in [-0.4, -0.2) is 16.1 Å². The van der Waals surface area contributed by atoms with Gasteiger partial charge in [0.1, 0.15) is 12.4 Å². The molecule has 3 rings (SSSR count). The zero-order valence-corrected chi connectivity index (χ0v) is 15.2. The standard InChI is InChI=1S/C21H23N3O3/c1-16(18-10-6-3-7-11-18)27-15-24-14-19(20(25)23-21(24)26)22-13-12-17-8-4-2-5-9-17/h2-11,14,16,22H,12-13,15H2,1H3,(H,23,25,26)/t16-/m1/s1. The van der Waals surface area contributed by atoms with Gasteiger partial charge in [-0.25, -0.2) is 4.79 Å². The summed E-state index contributed by atoms with van der Waals surface area (Å²) in [7, 11) is 0. The predicted octanol–water partition coefficient (Wildman–Crippen LogP) is 2.93. The SMILES string of the molecule is C[C@@H](OCn1cc(NCCc2ccccc2)c(=O)[nH]c1=O)c1ccccc1. The highest BCUT2D eigenvalue weighted by atomic mass is 16.5. The van der Waals surface area contributed by atoms with Crippen LogP contribution in [0.2, 0.25) is 0 Å². The predicted molar refractivity (Wildman–Crippen MR) is 106 cm³/mol. The molecule has 0 aliphatic carbocycles. The van der Waals surface area contributed by atoms with Gasteiger partial charge in [0.2, 0.25) is 0 Å². The van der Waals surface area contributed by atoms with Crippen LogP contribution in [0.3, 0.4) is 0 Å². The zero-order chi connectivity index (χ0) is 19.1. The van der Waals surface area contributed by atoms with Crippen molar-refractivity contribution in [2.24, 2.45) is 0 Å². The molecule has 3 aromatic rings. The number of hydrogen-bond donors (Lipinski definition) is 2. The molecule has 2 aromatic carbocycles. The number of nitrogens with zero attached hydrogens (tertiary/aromatic N) is 1. The first-order valence-electron chi connectivity index (χ1n) is 8.91. The summed E-state index contributed by atoms with van der Waals surface area (Å²) in [6.07, 6.45) is 2.12. The Morgan fingerprint density at radius 2 is 1.70 bits per heavy atom. The largest absolute Gasteiger partial charge is 0.379 e. The average Bonchev–Trinajstić information content (AvgIpc) is 2.70. The summed E-state index contributed by atoms with van der Waals surface area (Å²) < 4.78 is 7.13. The molecule has 6 nitrogen and oxygen atoms in total. The van der Waals surface area contributed by atoms with Crippen LogP contribution in [0.5, 0.6) is 0 Å². The minimum atomic E-state index is -0.492. The Labute approximate surface area is 157 Å². The summed E-state index contributed by atoms with van der Waals surface area (Å²) >= 11 is 0. The lowest BCUT2D eigenvalue weighted by atomic mass is 10.1. The van der Waals surface area contributed by atoms with E-state index >= 15 is 0 Å². The molecule has 0 aliphatic rings. The van der Waals surface area contributed by atoms with Crippen molar-refractivity contribution in [2.75, 3.05) is 11.9 Å². The van der Waals surface area contributed by atoms with Crippen molar-refractivity contribution in [3.8, 4) is 0 Å². The van der Waals surface area contributed by atoms with Gasteiger partial charge in [-0.3, -0.25) is 14.3 Å². The summed E-state index contributed by atoms with van der Waals surface area (Å²) in [4.78, 5) is 26.4. The van der Waals surface area contributed by atoms with E-state index in [4.69, 9.17) is 4.74 Å². The van der Waals surface area contributed by atoms with Crippen molar-refractivity contribution < 1.29 is 4.74 Å². The molecule has 6 heteroatoms. The van der Waals surface area contributed by atoms with Crippen LogP contribution < -0.4 is 16.6 Å². The Morgan fingerprint density at radius 1 is 1.04 bits per heavy atom. The minimum absolute atomic E-state index is 0.0546. The minimum Gasteiger partial charge on any atom is -0.379 e. The first-order chi connectivity index (χ1) is 13.1. The molecule has 0 saturated heterocycles. The van der Waals surface area contributed by atoms with Gasteiger partial charge in [-0.15, -0.1) is 0 Å². The third kappa shape index (κ3) is 5.18. The van der Waals surface area contributed by atoms with Crippen molar-refractivity contribution in [3.63, 3.8) is 0 Å². The molecule has 0 radical (unpaired) electrons. The monoisotopic (exact) mass is 365 g/mol. The fourth-order valence-corrected chi connectivity index (χ4v) is 2.73. The van der Waals surface area contributed by atoms with Crippen molar-refractivity contribution in [3.05, 3.63) is 98.8 Å². The molecule has 0 fully saturated rings. The van der Waals surface area contributed by atoms with E-state index in [0.29, 0.717) is 12.2 Å². The molecular weight excluding hydrogens is 342 g/mol. The van der Waals surface area contributed by atoms with Crippen LogP contribution in [0.4, 0.5) is 5.69 Å². The summed E-state index contributed by atoms with van der Waals surface area (Å²) in [5.74, 6) is 0. The van der Waals surface area contributed by atoms with Gasteiger partial charge in [0.25, 0.3) is 5.56 Å². The quantitative estimate of drug-likeness (QED) is 0.644. The van der Waals surface area contributed by atoms with Gasteiger partial charge in [0.05, 0.1) is 6.10 Å². The van der Waals surface area contributed by atoms with E-state index in [9.17, 15) is 9.59 Å². The molecule has 2 N–H and O–H groups in total. The van der Waals surface area contributed by atoms with Gasteiger partial charge >= 0.3 is 5.69 Å². The molecule has 140 valence electrons.